The Morgan fingerprint density at radius 1 is 1.05 bits per heavy atom. The van der Waals surface area contributed by atoms with Crippen molar-refractivity contribution >= 4 is 28.1 Å². The number of carbonyl (C=O) groups is 1. The van der Waals surface area contributed by atoms with E-state index >= 15 is 0 Å². The Kier molecular flexibility index (Phi) is 8.04. The molecule has 1 saturated heterocycles. The molecule has 0 saturated carbocycles. The lowest BCUT2D eigenvalue weighted by Gasteiger charge is -2.23. The van der Waals surface area contributed by atoms with Gasteiger partial charge in [-0.15, -0.1) is 0 Å². The Morgan fingerprint density at radius 2 is 1.84 bits per heavy atom. The van der Waals surface area contributed by atoms with Crippen LogP contribution in [-0.4, -0.2) is 40.7 Å². The van der Waals surface area contributed by atoms with Crippen molar-refractivity contribution in [2.45, 2.75) is 38.8 Å². The van der Waals surface area contributed by atoms with Gasteiger partial charge in [-0.3, -0.25) is 0 Å². The number of hydrogen-bond acceptors (Lipinski definition) is 4. The molecule has 0 aliphatic carbocycles. The highest BCUT2D eigenvalue weighted by atomic mass is 16.5. The molecule has 1 atom stereocenters. The zero-order chi connectivity index (χ0) is 26.3. The van der Waals surface area contributed by atoms with Gasteiger partial charge in [-0.25, -0.2) is 9.48 Å². The maximum atomic E-state index is 10.7. The van der Waals surface area contributed by atoms with E-state index in [9.17, 15) is 4.79 Å². The number of ether oxygens (including phenoxy) is 2. The van der Waals surface area contributed by atoms with Gasteiger partial charge in [0.15, 0.2) is 6.23 Å². The molecule has 1 aromatic heterocycles. The lowest BCUT2D eigenvalue weighted by Crippen LogP contribution is -2.26. The molecule has 0 spiro atoms. The number of carboxylic acid groups (broad SMARTS) is 1. The van der Waals surface area contributed by atoms with Gasteiger partial charge < -0.3 is 19.9 Å². The highest BCUT2D eigenvalue weighted by molar-refractivity contribution is 6.00. The third-order valence-corrected chi connectivity index (χ3v) is 6.88. The molecule has 7 heteroatoms. The predicted octanol–water partition coefficient (Wildman–Crippen LogP) is 6.75. The Bertz CT molecular complexity index is 1400. The monoisotopic (exact) mass is 511 g/mol. The van der Waals surface area contributed by atoms with Crippen molar-refractivity contribution in [2.75, 3.05) is 19.8 Å². The van der Waals surface area contributed by atoms with Crippen molar-refractivity contribution in [2.24, 2.45) is 0 Å². The summed E-state index contributed by atoms with van der Waals surface area (Å²) < 4.78 is 13.7. The Hall–Kier alpha value is -4.10. The smallest absolute Gasteiger partial charge is 0.404 e. The molecule has 1 aliphatic heterocycles. The van der Waals surface area contributed by atoms with Crippen LogP contribution >= 0.6 is 0 Å². The molecule has 0 bridgehead atoms. The second kappa shape index (κ2) is 12.0. The van der Waals surface area contributed by atoms with E-state index in [1.165, 1.54) is 16.7 Å². The van der Waals surface area contributed by atoms with Crippen LogP contribution < -0.4 is 10.1 Å². The largest absolute Gasteiger partial charge is 0.492 e. The van der Waals surface area contributed by atoms with Crippen molar-refractivity contribution in [1.29, 1.82) is 0 Å². The van der Waals surface area contributed by atoms with E-state index in [-0.39, 0.29) is 19.4 Å². The molecule has 4 aromatic rings. The third kappa shape index (κ3) is 5.73. The predicted molar refractivity (Wildman–Crippen MR) is 149 cm³/mol. The van der Waals surface area contributed by atoms with Crippen LogP contribution in [0, 0.1) is 0 Å². The maximum absolute atomic E-state index is 10.7. The van der Waals surface area contributed by atoms with Gasteiger partial charge in [-0.1, -0.05) is 55.5 Å². The van der Waals surface area contributed by atoms with Gasteiger partial charge in [0.05, 0.1) is 18.3 Å². The molecule has 1 fully saturated rings. The van der Waals surface area contributed by atoms with Crippen LogP contribution in [0.3, 0.4) is 0 Å². The Morgan fingerprint density at radius 3 is 2.55 bits per heavy atom. The minimum absolute atomic E-state index is 0.00382. The maximum Gasteiger partial charge on any atom is 0.404 e. The Balaban J connectivity index is 1.52. The average molecular weight is 512 g/mol. The highest BCUT2D eigenvalue weighted by Gasteiger charge is 2.20. The second-order valence-corrected chi connectivity index (χ2v) is 9.36. The van der Waals surface area contributed by atoms with Gasteiger partial charge in [-0.05, 0) is 77.8 Å². The van der Waals surface area contributed by atoms with Crippen LogP contribution in [-0.2, 0) is 4.74 Å². The van der Waals surface area contributed by atoms with Crippen molar-refractivity contribution < 1.29 is 19.4 Å². The van der Waals surface area contributed by atoms with E-state index < -0.39 is 6.09 Å². The van der Waals surface area contributed by atoms with Crippen molar-refractivity contribution in [3.8, 4) is 5.75 Å². The summed E-state index contributed by atoms with van der Waals surface area (Å²) in [6.45, 7) is 3.47. The fourth-order valence-electron chi connectivity index (χ4n) is 5.08. The Labute approximate surface area is 222 Å². The number of amides is 1. The molecular weight excluding hydrogens is 478 g/mol. The highest BCUT2D eigenvalue weighted by Crippen LogP contribution is 2.37. The normalized spacial score (nSPS) is 16.2. The summed E-state index contributed by atoms with van der Waals surface area (Å²) in [6, 6.07) is 25.1. The fraction of sp³-hybridized carbons (Fsp3) is 0.290. The van der Waals surface area contributed by atoms with Crippen LogP contribution in [0.15, 0.2) is 79.0 Å². The zero-order valence-electron chi connectivity index (χ0n) is 21.6. The SMILES string of the molecule is CCC(=C(c1ccc(OCCNC(=O)O)cc1)c1ccc2c(cnn2C2CCCCO2)c1)c1ccccc1. The fourth-order valence-corrected chi connectivity index (χ4v) is 5.08. The standard InChI is InChI=1S/C31H33N3O4/c1-2-27(22-8-4-3-5-9-22)30(23-11-14-26(15-12-23)37-19-17-32-31(35)36)24-13-16-28-25(20-24)21-33-34(28)29-10-6-7-18-38-29/h3-5,8-9,11-16,20-21,29,32H,2,6-7,10,17-19H2,1H3,(H,35,36). The van der Waals surface area contributed by atoms with E-state index in [2.05, 4.69) is 66.8 Å². The molecule has 196 valence electrons. The third-order valence-electron chi connectivity index (χ3n) is 6.88. The number of nitrogens with zero attached hydrogens (tertiary/aromatic N) is 2. The minimum Gasteiger partial charge on any atom is -0.492 e. The molecular formula is C31H33N3O4. The number of aromatic nitrogens is 2. The summed E-state index contributed by atoms with van der Waals surface area (Å²) in [5, 5.41) is 16.8. The average Bonchev–Trinajstić information content (AvgIpc) is 3.39. The van der Waals surface area contributed by atoms with E-state index in [0.29, 0.717) is 5.75 Å². The molecule has 2 N–H and O–H groups in total. The van der Waals surface area contributed by atoms with Crippen LogP contribution in [0.25, 0.3) is 22.0 Å². The van der Waals surface area contributed by atoms with Gasteiger partial charge in [-0.2, -0.15) is 5.10 Å². The number of allylic oxidation sites excluding steroid dienone is 1. The van der Waals surface area contributed by atoms with Crippen LogP contribution in [0.2, 0.25) is 0 Å². The minimum atomic E-state index is -1.06. The van der Waals surface area contributed by atoms with Gasteiger partial charge in [0, 0.05) is 12.0 Å². The van der Waals surface area contributed by atoms with E-state index in [1.807, 2.05) is 29.1 Å². The summed E-state index contributed by atoms with van der Waals surface area (Å²) in [5.41, 5.74) is 6.91. The molecule has 38 heavy (non-hydrogen) atoms. The van der Waals surface area contributed by atoms with Crippen molar-refractivity contribution in [1.82, 2.24) is 15.1 Å². The van der Waals surface area contributed by atoms with Gasteiger partial charge in [0.2, 0.25) is 0 Å². The molecule has 0 radical (unpaired) electrons. The molecule has 7 nitrogen and oxygen atoms in total. The first-order valence-electron chi connectivity index (χ1n) is 13.2. The summed E-state index contributed by atoms with van der Waals surface area (Å²) in [4.78, 5) is 10.7. The topological polar surface area (TPSA) is 85.6 Å². The lowest BCUT2D eigenvalue weighted by molar-refractivity contribution is -0.0366. The number of hydrogen-bond donors (Lipinski definition) is 2. The van der Waals surface area contributed by atoms with E-state index in [1.54, 1.807) is 0 Å². The first-order valence-corrected chi connectivity index (χ1v) is 13.2. The second-order valence-electron chi connectivity index (χ2n) is 9.36. The van der Waals surface area contributed by atoms with Gasteiger partial charge in [0.1, 0.15) is 12.4 Å². The molecule has 1 unspecified atom stereocenters. The number of nitrogens with one attached hydrogen (secondary N) is 1. The van der Waals surface area contributed by atoms with Gasteiger partial charge >= 0.3 is 6.09 Å². The quantitative estimate of drug-likeness (QED) is 0.192. The summed E-state index contributed by atoms with van der Waals surface area (Å²) in [5.74, 6) is 0.697. The van der Waals surface area contributed by atoms with Gasteiger partial charge in [0.25, 0.3) is 0 Å². The first-order chi connectivity index (χ1) is 18.6. The number of benzene rings is 3. The van der Waals surface area contributed by atoms with Crippen LogP contribution in [0.4, 0.5) is 4.79 Å². The lowest BCUT2D eigenvalue weighted by atomic mass is 9.88. The van der Waals surface area contributed by atoms with Crippen LogP contribution in [0.5, 0.6) is 5.75 Å². The van der Waals surface area contributed by atoms with E-state index in [4.69, 9.17) is 19.7 Å². The zero-order valence-corrected chi connectivity index (χ0v) is 21.6. The molecule has 5 rings (SSSR count). The number of fused-ring (bicyclic) bond motifs is 1. The van der Waals surface area contributed by atoms with E-state index in [0.717, 1.165) is 54.3 Å². The molecule has 1 amide bonds. The summed E-state index contributed by atoms with van der Waals surface area (Å²) in [7, 11) is 0. The first kappa shape index (κ1) is 25.5. The molecule has 3 aromatic carbocycles. The molecule has 1 aliphatic rings. The summed E-state index contributed by atoms with van der Waals surface area (Å²) >= 11 is 0. The number of rotatable bonds is 9. The van der Waals surface area contributed by atoms with Crippen molar-refractivity contribution in [3.05, 3.63) is 95.7 Å². The summed E-state index contributed by atoms with van der Waals surface area (Å²) in [6.07, 6.45) is 4.99. The van der Waals surface area contributed by atoms with Crippen LogP contribution in [0.1, 0.15) is 55.5 Å². The van der Waals surface area contributed by atoms with Crippen molar-refractivity contribution in [3.63, 3.8) is 0 Å². The molecule has 2 heterocycles.